The van der Waals surface area contributed by atoms with Crippen molar-refractivity contribution in [1.82, 2.24) is 24.5 Å². The summed E-state index contributed by atoms with van der Waals surface area (Å²) in [6, 6.07) is 1.85. The lowest BCUT2D eigenvalue weighted by molar-refractivity contribution is 0.264. The highest BCUT2D eigenvalue weighted by Crippen LogP contribution is 2.15. The lowest BCUT2D eigenvalue weighted by Crippen LogP contribution is -2.48. The summed E-state index contributed by atoms with van der Waals surface area (Å²) in [5.41, 5.74) is 5.94. The number of nitrogens with one attached hydrogen (secondary N) is 1. The van der Waals surface area contributed by atoms with E-state index in [4.69, 9.17) is 5.73 Å². The number of nitrogens with zero attached hydrogens (tertiary/aromatic N) is 5. The van der Waals surface area contributed by atoms with Gasteiger partial charge in [0.15, 0.2) is 5.65 Å². The van der Waals surface area contributed by atoms with Crippen LogP contribution in [-0.4, -0.2) is 63.8 Å². The molecule has 0 radical (unpaired) electrons. The number of fused-ring (bicyclic) bond motifs is 1. The third-order valence-electron chi connectivity index (χ3n) is 3.70. The molecule has 0 unspecified atom stereocenters. The van der Waals surface area contributed by atoms with Gasteiger partial charge in [0.2, 0.25) is 0 Å². The van der Waals surface area contributed by atoms with E-state index in [0.29, 0.717) is 18.0 Å². The maximum absolute atomic E-state index is 11.6. The van der Waals surface area contributed by atoms with Gasteiger partial charge in [0.1, 0.15) is 11.6 Å². The van der Waals surface area contributed by atoms with E-state index in [0.717, 1.165) is 38.5 Å². The number of aromatic nitrogens is 4. The monoisotopic (exact) mass is 277 g/mol. The van der Waals surface area contributed by atoms with Gasteiger partial charge in [-0.25, -0.2) is 19.3 Å². The van der Waals surface area contributed by atoms with Crippen LogP contribution in [0.25, 0.3) is 5.65 Å². The fraction of sp³-hybridized carbons (Fsp3) is 0.583. The molecule has 0 aromatic carbocycles. The molecule has 0 amide bonds. The van der Waals surface area contributed by atoms with Crippen LogP contribution in [0.4, 0.5) is 5.82 Å². The van der Waals surface area contributed by atoms with Crippen LogP contribution in [0.3, 0.4) is 0 Å². The number of rotatable bonds is 3. The average Bonchev–Trinajstić information content (AvgIpc) is 2.82. The van der Waals surface area contributed by atoms with Crippen molar-refractivity contribution in [2.45, 2.75) is 6.92 Å². The normalized spacial score (nSPS) is 17.0. The van der Waals surface area contributed by atoms with Crippen molar-refractivity contribution < 1.29 is 0 Å². The Morgan fingerprint density at radius 2 is 2.10 bits per heavy atom. The first-order valence-electron chi connectivity index (χ1n) is 6.81. The zero-order valence-electron chi connectivity index (χ0n) is 11.5. The van der Waals surface area contributed by atoms with E-state index >= 15 is 0 Å². The predicted octanol–water partition coefficient (Wildman–Crippen LogP) is -1.19. The van der Waals surface area contributed by atoms with Crippen molar-refractivity contribution in [3.63, 3.8) is 0 Å². The highest BCUT2D eigenvalue weighted by molar-refractivity contribution is 5.51. The third kappa shape index (κ3) is 2.27. The van der Waals surface area contributed by atoms with Crippen molar-refractivity contribution in [3.05, 3.63) is 22.4 Å². The zero-order valence-corrected chi connectivity index (χ0v) is 11.5. The average molecular weight is 277 g/mol. The summed E-state index contributed by atoms with van der Waals surface area (Å²) in [5, 5.41) is 6.46. The molecule has 0 saturated carbocycles. The molecular weight excluding hydrogens is 258 g/mol. The van der Waals surface area contributed by atoms with E-state index in [9.17, 15) is 4.79 Å². The second kappa shape index (κ2) is 5.22. The summed E-state index contributed by atoms with van der Waals surface area (Å²) >= 11 is 0. The van der Waals surface area contributed by atoms with Gasteiger partial charge >= 0.3 is 5.69 Å². The lowest BCUT2D eigenvalue weighted by Gasteiger charge is -2.35. The van der Waals surface area contributed by atoms with E-state index in [1.54, 1.807) is 0 Å². The molecule has 3 rings (SSSR count). The molecule has 3 heterocycles. The Hall–Kier alpha value is -1.93. The first kappa shape index (κ1) is 13.1. The summed E-state index contributed by atoms with van der Waals surface area (Å²) in [5.74, 6) is 1.53. The van der Waals surface area contributed by atoms with Gasteiger partial charge in [0, 0.05) is 45.3 Å². The maximum Gasteiger partial charge on any atom is 0.349 e. The SMILES string of the molecule is Cc1nc(N2CCN(CCN)CC2)cc2n[nH]c(=O)n12. The molecule has 2 aromatic heterocycles. The lowest BCUT2D eigenvalue weighted by atomic mass is 10.3. The molecule has 1 aliphatic heterocycles. The highest BCUT2D eigenvalue weighted by Gasteiger charge is 2.19. The van der Waals surface area contributed by atoms with Crippen molar-refractivity contribution in [1.29, 1.82) is 0 Å². The third-order valence-corrected chi connectivity index (χ3v) is 3.70. The van der Waals surface area contributed by atoms with Crippen LogP contribution in [0.15, 0.2) is 10.9 Å². The fourth-order valence-corrected chi connectivity index (χ4v) is 2.63. The topological polar surface area (TPSA) is 95.5 Å². The Morgan fingerprint density at radius 1 is 1.35 bits per heavy atom. The van der Waals surface area contributed by atoms with Crippen LogP contribution >= 0.6 is 0 Å². The Morgan fingerprint density at radius 3 is 2.80 bits per heavy atom. The van der Waals surface area contributed by atoms with E-state index in [-0.39, 0.29) is 5.69 Å². The smallest absolute Gasteiger partial charge is 0.349 e. The van der Waals surface area contributed by atoms with Gasteiger partial charge in [-0.05, 0) is 6.92 Å². The maximum atomic E-state index is 11.6. The van der Waals surface area contributed by atoms with Crippen LogP contribution in [0.5, 0.6) is 0 Å². The molecule has 1 aliphatic rings. The van der Waals surface area contributed by atoms with Crippen LogP contribution in [0.2, 0.25) is 0 Å². The number of H-pyrrole nitrogens is 1. The molecule has 1 fully saturated rings. The van der Waals surface area contributed by atoms with E-state index in [1.807, 2.05) is 13.0 Å². The van der Waals surface area contributed by atoms with Crippen LogP contribution in [0, 0.1) is 6.92 Å². The molecule has 0 aliphatic carbocycles. The number of piperazine rings is 1. The second-order valence-electron chi connectivity index (χ2n) is 5.00. The summed E-state index contributed by atoms with van der Waals surface area (Å²) in [4.78, 5) is 20.7. The molecule has 8 nitrogen and oxygen atoms in total. The van der Waals surface area contributed by atoms with Gasteiger partial charge < -0.3 is 10.6 Å². The van der Waals surface area contributed by atoms with E-state index in [1.165, 1.54) is 4.40 Å². The minimum absolute atomic E-state index is 0.246. The minimum atomic E-state index is -0.246. The molecular formula is C12H19N7O. The highest BCUT2D eigenvalue weighted by atomic mass is 16.1. The van der Waals surface area contributed by atoms with Crippen molar-refractivity contribution in [2.24, 2.45) is 5.73 Å². The number of anilines is 1. The molecule has 3 N–H and O–H groups in total. The van der Waals surface area contributed by atoms with Crippen molar-refractivity contribution in [3.8, 4) is 0 Å². The van der Waals surface area contributed by atoms with Gasteiger partial charge in [0.25, 0.3) is 0 Å². The number of hydrogen-bond acceptors (Lipinski definition) is 6. The summed E-state index contributed by atoms with van der Waals surface area (Å²) in [7, 11) is 0. The number of aryl methyl sites for hydroxylation is 1. The number of nitrogens with two attached hydrogens (primary N) is 1. The van der Waals surface area contributed by atoms with Crippen molar-refractivity contribution >= 4 is 11.5 Å². The first-order chi connectivity index (χ1) is 9.69. The molecule has 8 heteroatoms. The van der Waals surface area contributed by atoms with E-state index in [2.05, 4.69) is 25.0 Å². The molecule has 0 bridgehead atoms. The largest absolute Gasteiger partial charge is 0.354 e. The molecule has 1 saturated heterocycles. The summed E-state index contributed by atoms with van der Waals surface area (Å²) < 4.78 is 1.48. The Labute approximate surface area is 116 Å². The number of hydrogen-bond donors (Lipinski definition) is 2. The van der Waals surface area contributed by atoms with Gasteiger partial charge in [-0.1, -0.05) is 0 Å². The molecule has 0 atom stereocenters. The van der Waals surface area contributed by atoms with Gasteiger partial charge in [-0.3, -0.25) is 4.90 Å². The summed E-state index contributed by atoms with van der Waals surface area (Å²) in [6.45, 7) is 7.24. The predicted molar refractivity (Wildman–Crippen MR) is 76.1 cm³/mol. The Balaban J connectivity index is 1.83. The minimum Gasteiger partial charge on any atom is -0.354 e. The first-order valence-corrected chi connectivity index (χ1v) is 6.81. The zero-order chi connectivity index (χ0) is 14.1. The van der Waals surface area contributed by atoms with Crippen LogP contribution in [-0.2, 0) is 0 Å². The van der Waals surface area contributed by atoms with E-state index < -0.39 is 0 Å². The molecule has 0 spiro atoms. The van der Waals surface area contributed by atoms with Crippen molar-refractivity contribution in [2.75, 3.05) is 44.2 Å². The van der Waals surface area contributed by atoms with Crippen LogP contribution in [0.1, 0.15) is 5.82 Å². The van der Waals surface area contributed by atoms with Gasteiger partial charge in [0.05, 0.1) is 0 Å². The molecule has 20 heavy (non-hydrogen) atoms. The number of aromatic amines is 1. The standard InChI is InChI=1S/C12H19N7O/c1-9-14-10(8-11-15-16-12(20)19(9)11)18-6-4-17(3-2-13)5-7-18/h8H,2-7,13H2,1H3,(H,16,20). The van der Waals surface area contributed by atoms with Crippen LogP contribution < -0.4 is 16.3 Å². The Bertz CT molecular complexity index is 653. The molecule has 108 valence electrons. The van der Waals surface area contributed by atoms with Gasteiger partial charge in [-0.15, -0.1) is 0 Å². The van der Waals surface area contributed by atoms with Gasteiger partial charge in [-0.2, -0.15) is 5.10 Å². The Kier molecular flexibility index (Phi) is 3.41. The summed E-state index contributed by atoms with van der Waals surface area (Å²) in [6.07, 6.45) is 0. The quantitative estimate of drug-likeness (QED) is 0.732. The molecule has 2 aromatic rings. The second-order valence-corrected chi connectivity index (χ2v) is 5.00. The fourth-order valence-electron chi connectivity index (χ4n) is 2.63.